The Kier molecular flexibility index (Phi) is 11.6. The van der Waals surface area contributed by atoms with Crippen LogP contribution in [0.1, 0.15) is 20.8 Å². The fraction of sp³-hybridized carbons (Fsp3) is 0.500. The molecule has 134 valence electrons. The highest BCUT2D eigenvalue weighted by atomic mass is 79.9. The zero-order valence-electron chi connectivity index (χ0n) is 12.8. The average Bonchev–Trinajstić information content (AvgIpc) is 2.47. The molecule has 3 atom stereocenters. The number of hydrogen-bond donors (Lipinski definition) is 0. The minimum absolute atomic E-state index is 0.555. The van der Waals surface area contributed by atoms with E-state index in [0.717, 1.165) is 0 Å². The largest absolute Gasteiger partial charge is 0.556 e. The molecule has 0 radical (unpaired) electrons. The Labute approximate surface area is 160 Å². The molecule has 11 heteroatoms. The van der Waals surface area contributed by atoms with Gasteiger partial charge in [0, 0.05) is 0 Å². The number of alkyl halides is 3. The molecular formula is C12H18Br3O7P. The van der Waals surface area contributed by atoms with Crippen molar-refractivity contribution in [2.24, 2.45) is 0 Å². The van der Waals surface area contributed by atoms with Crippen LogP contribution in [0.15, 0.2) is 36.5 Å². The van der Waals surface area contributed by atoms with Crippen LogP contribution in [0.5, 0.6) is 0 Å². The summed E-state index contributed by atoms with van der Waals surface area (Å²) in [5.74, 6) is 0. The van der Waals surface area contributed by atoms with Crippen molar-refractivity contribution in [1.82, 2.24) is 0 Å². The van der Waals surface area contributed by atoms with E-state index < -0.39 is 22.9 Å². The smallest absolute Gasteiger partial charge is 0.220 e. The van der Waals surface area contributed by atoms with Gasteiger partial charge in [-0.3, -0.25) is 0 Å². The zero-order valence-corrected chi connectivity index (χ0v) is 18.4. The van der Waals surface area contributed by atoms with E-state index in [-0.39, 0.29) is 0 Å². The summed E-state index contributed by atoms with van der Waals surface area (Å²) in [5, 5.41) is -2.24. The highest BCUT2D eigenvalue weighted by Crippen LogP contribution is 2.52. The second-order valence-corrected chi connectivity index (χ2v) is 8.28. The van der Waals surface area contributed by atoms with E-state index >= 15 is 0 Å². The lowest BCUT2D eigenvalue weighted by molar-refractivity contribution is -0.325. The first kappa shape index (κ1) is 23.6. The fourth-order valence-electron chi connectivity index (χ4n) is 0.555. The summed E-state index contributed by atoms with van der Waals surface area (Å²) in [5.41, 5.74) is 1.66. The predicted octanol–water partition coefficient (Wildman–Crippen LogP) is 5.83. The van der Waals surface area contributed by atoms with E-state index in [1.54, 1.807) is 20.8 Å². The van der Waals surface area contributed by atoms with Gasteiger partial charge in [-0.15, -0.1) is 14.0 Å². The monoisotopic (exact) mass is 542 g/mol. The Morgan fingerprint density at radius 3 is 1.13 bits per heavy atom. The third-order valence-corrected chi connectivity index (χ3v) is 5.43. The normalized spacial score (nSPS) is 17.8. The summed E-state index contributed by atoms with van der Waals surface area (Å²) in [6.45, 7) is 15.9. The minimum atomic E-state index is -4.38. The first-order chi connectivity index (χ1) is 10.5. The van der Waals surface area contributed by atoms with Crippen LogP contribution < -0.4 is 0 Å². The predicted molar refractivity (Wildman–Crippen MR) is 96.7 cm³/mol. The topological polar surface area (TPSA) is 72.5 Å². The van der Waals surface area contributed by atoms with E-state index in [0.29, 0.717) is 16.7 Å². The van der Waals surface area contributed by atoms with Gasteiger partial charge >= 0.3 is 7.82 Å². The van der Waals surface area contributed by atoms with Crippen LogP contribution in [0.4, 0.5) is 0 Å². The van der Waals surface area contributed by atoms with E-state index in [4.69, 9.17) is 14.7 Å². The van der Waals surface area contributed by atoms with Gasteiger partial charge in [0.2, 0.25) is 0 Å². The van der Waals surface area contributed by atoms with E-state index in [9.17, 15) is 4.57 Å². The van der Waals surface area contributed by atoms with Gasteiger partial charge in [0.1, 0.15) is 0 Å². The van der Waals surface area contributed by atoms with Gasteiger partial charge in [-0.05, 0) is 85.3 Å². The maximum Gasteiger partial charge on any atom is 0.556 e. The highest BCUT2D eigenvalue weighted by Gasteiger charge is 2.35. The second-order valence-electron chi connectivity index (χ2n) is 4.45. The van der Waals surface area contributed by atoms with Crippen molar-refractivity contribution >= 4 is 55.6 Å². The number of hydrogen-bond acceptors (Lipinski definition) is 7. The third-order valence-electron chi connectivity index (χ3n) is 1.82. The highest BCUT2D eigenvalue weighted by molar-refractivity contribution is 9.10. The lowest BCUT2D eigenvalue weighted by Gasteiger charge is -2.19. The van der Waals surface area contributed by atoms with Crippen molar-refractivity contribution in [3.05, 3.63) is 36.5 Å². The standard InChI is InChI=1S/C12H18Br3O7P/c1-7(2)10(13)17-20-23(16,21-18-11(14)8(3)4)22-19-12(15)9(5)6/h10-12H,1,3,5H2,2,4,6H3. The van der Waals surface area contributed by atoms with Crippen LogP contribution >= 0.6 is 55.6 Å². The van der Waals surface area contributed by atoms with Crippen LogP contribution in [-0.2, 0) is 33.3 Å². The van der Waals surface area contributed by atoms with Crippen LogP contribution in [0.25, 0.3) is 0 Å². The summed E-state index contributed by atoms with van der Waals surface area (Å²) in [4.78, 5) is 14.5. The molecule has 23 heavy (non-hydrogen) atoms. The molecule has 0 aromatic rings. The molecule has 0 aromatic carbocycles. The molecule has 0 bridgehead atoms. The van der Waals surface area contributed by atoms with Crippen molar-refractivity contribution < 1.29 is 33.3 Å². The number of rotatable bonds is 12. The maximum absolute atomic E-state index is 12.4. The maximum atomic E-state index is 12.4. The Morgan fingerprint density at radius 1 is 0.739 bits per heavy atom. The molecule has 7 nitrogen and oxygen atoms in total. The minimum Gasteiger partial charge on any atom is -0.220 e. The zero-order chi connectivity index (χ0) is 18.2. The Bertz CT molecular complexity index is 419. The molecule has 0 amide bonds. The molecule has 0 aliphatic carbocycles. The molecular weight excluding hydrogens is 527 g/mol. The Hall–Kier alpha value is 0.650. The summed E-state index contributed by atoms with van der Waals surface area (Å²) in [7, 11) is -4.38. The lowest BCUT2D eigenvalue weighted by atomic mass is 10.4. The van der Waals surface area contributed by atoms with E-state index in [1.807, 2.05) is 0 Å². The summed E-state index contributed by atoms with van der Waals surface area (Å²) >= 11 is 9.28. The lowest BCUT2D eigenvalue weighted by Crippen LogP contribution is -2.13. The SMILES string of the molecule is C=C(C)C(Br)OOP(=O)(OOC(Br)C(=C)C)OOC(Br)C(=C)C. The molecule has 0 spiro atoms. The first-order valence-corrected chi connectivity index (χ1v) is 10.2. The van der Waals surface area contributed by atoms with Gasteiger partial charge in [0.25, 0.3) is 0 Å². The second kappa shape index (κ2) is 11.3. The summed E-state index contributed by atoms with van der Waals surface area (Å²) in [6, 6.07) is 0. The molecule has 0 aromatic heterocycles. The third kappa shape index (κ3) is 10.3. The van der Waals surface area contributed by atoms with E-state index in [2.05, 4.69) is 81.6 Å². The van der Waals surface area contributed by atoms with Gasteiger partial charge in [-0.2, -0.15) is 0 Å². The molecule has 3 unspecified atom stereocenters. The van der Waals surface area contributed by atoms with Crippen molar-refractivity contribution in [2.75, 3.05) is 0 Å². The fourth-order valence-corrected chi connectivity index (χ4v) is 1.79. The molecule has 0 rings (SSSR count). The van der Waals surface area contributed by atoms with Crippen LogP contribution in [0.3, 0.4) is 0 Å². The van der Waals surface area contributed by atoms with Crippen molar-refractivity contribution in [3.8, 4) is 0 Å². The average molecular weight is 545 g/mol. The van der Waals surface area contributed by atoms with Gasteiger partial charge in [-0.1, -0.05) is 19.7 Å². The molecule has 0 saturated carbocycles. The molecule has 0 aliphatic rings. The van der Waals surface area contributed by atoms with Crippen LogP contribution in [0, 0.1) is 0 Å². The van der Waals surface area contributed by atoms with Crippen LogP contribution in [0.2, 0.25) is 0 Å². The van der Waals surface area contributed by atoms with Gasteiger partial charge in [-0.25, -0.2) is 19.2 Å². The Morgan fingerprint density at radius 2 is 0.957 bits per heavy atom. The molecule has 0 N–H and O–H groups in total. The summed E-state index contributed by atoms with van der Waals surface area (Å²) in [6.07, 6.45) is 0. The van der Waals surface area contributed by atoms with Crippen molar-refractivity contribution in [3.63, 3.8) is 0 Å². The summed E-state index contributed by atoms with van der Waals surface area (Å²) < 4.78 is 26.4. The van der Waals surface area contributed by atoms with Gasteiger partial charge < -0.3 is 0 Å². The Balaban J connectivity index is 4.81. The molecule has 0 saturated heterocycles. The first-order valence-electron chi connectivity index (χ1n) is 6.02. The van der Waals surface area contributed by atoms with Crippen molar-refractivity contribution in [1.29, 1.82) is 0 Å². The number of phosphoric acid groups is 1. The van der Waals surface area contributed by atoms with Gasteiger partial charge in [0.05, 0.1) is 0 Å². The molecule has 0 fully saturated rings. The quantitative estimate of drug-likeness (QED) is 0.101. The van der Waals surface area contributed by atoms with Gasteiger partial charge in [0.15, 0.2) is 15.0 Å². The number of halogens is 3. The van der Waals surface area contributed by atoms with Crippen molar-refractivity contribution in [2.45, 2.75) is 35.8 Å². The molecule has 0 heterocycles. The molecule has 0 aliphatic heterocycles. The van der Waals surface area contributed by atoms with Crippen LogP contribution in [-0.4, -0.2) is 15.0 Å². The van der Waals surface area contributed by atoms with E-state index in [1.165, 1.54) is 0 Å².